The van der Waals surface area contributed by atoms with Crippen LogP contribution in [0.25, 0.3) is 5.69 Å². The van der Waals surface area contributed by atoms with E-state index in [2.05, 4.69) is 5.10 Å². The van der Waals surface area contributed by atoms with Crippen molar-refractivity contribution in [3.63, 3.8) is 0 Å². The summed E-state index contributed by atoms with van der Waals surface area (Å²) < 4.78 is 6.95. The number of carboxylic acid groups (broad SMARTS) is 1. The third-order valence-electron chi connectivity index (χ3n) is 3.14. The molecular formula is C17H14N2O3. The summed E-state index contributed by atoms with van der Waals surface area (Å²) in [5.41, 5.74) is 1.73. The average Bonchev–Trinajstić information content (AvgIpc) is 2.99. The van der Waals surface area contributed by atoms with Crippen LogP contribution in [0.5, 0.6) is 5.88 Å². The first-order chi connectivity index (χ1) is 10.7. The number of nitrogens with zero attached hydrogens (tertiary/aromatic N) is 2. The highest BCUT2D eigenvalue weighted by Gasteiger charge is 2.16. The minimum absolute atomic E-state index is 0.0641. The molecule has 0 unspecified atom stereocenters. The van der Waals surface area contributed by atoms with Gasteiger partial charge in [0.1, 0.15) is 6.61 Å². The molecule has 3 rings (SSSR count). The Morgan fingerprint density at radius 2 is 1.68 bits per heavy atom. The summed E-state index contributed by atoms with van der Waals surface area (Å²) in [6.45, 7) is 0.339. The number of ether oxygens (including phenoxy) is 1. The molecule has 0 fully saturated rings. The van der Waals surface area contributed by atoms with Crippen molar-refractivity contribution in [2.75, 3.05) is 0 Å². The van der Waals surface area contributed by atoms with Crippen molar-refractivity contribution in [3.8, 4) is 11.6 Å². The molecule has 0 atom stereocenters. The maximum atomic E-state index is 11.4. The van der Waals surface area contributed by atoms with E-state index >= 15 is 0 Å². The van der Waals surface area contributed by atoms with Crippen LogP contribution in [0.3, 0.4) is 0 Å². The Morgan fingerprint density at radius 3 is 2.32 bits per heavy atom. The van der Waals surface area contributed by atoms with Gasteiger partial charge in [0.15, 0.2) is 5.69 Å². The smallest absolute Gasteiger partial charge is 0.354 e. The number of aromatic nitrogens is 2. The van der Waals surface area contributed by atoms with Gasteiger partial charge < -0.3 is 9.84 Å². The van der Waals surface area contributed by atoms with Gasteiger partial charge in [0.05, 0.1) is 5.69 Å². The molecule has 3 aromatic rings. The molecule has 0 radical (unpaired) electrons. The summed E-state index contributed by atoms with van der Waals surface area (Å²) in [4.78, 5) is 11.4. The first-order valence-corrected chi connectivity index (χ1v) is 6.79. The first kappa shape index (κ1) is 13.9. The Labute approximate surface area is 127 Å². The number of aromatic carboxylic acids is 1. The van der Waals surface area contributed by atoms with Gasteiger partial charge in [-0.3, -0.25) is 0 Å². The number of para-hydroxylation sites is 1. The zero-order valence-electron chi connectivity index (χ0n) is 11.7. The van der Waals surface area contributed by atoms with Gasteiger partial charge in [-0.25, -0.2) is 9.48 Å². The minimum Gasteiger partial charge on any atom is -0.477 e. The number of hydrogen-bond donors (Lipinski definition) is 1. The molecule has 0 saturated heterocycles. The lowest BCUT2D eigenvalue weighted by Gasteiger charge is -2.04. The maximum absolute atomic E-state index is 11.4. The molecular weight excluding hydrogens is 280 g/mol. The molecule has 0 aliphatic carbocycles. The van der Waals surface area contributed by atoms with Crippen LogP contribution in [0.2, 0.25) is 0 Å². The number of benzene rings is 2. The lowest BCUT2D eigenvalue weighted by atomic mass is 10.2. The summed E-state index contributed by atoms with van der Waals surface area (Å²) >= 11 is 0. The van der Waals surface area contributed by atoms with Gasteiger partial charge in [-0.2, -0.15) is 0 Å². The molecule has 0 aliphatic heterocycles. The molecule has 1 N–H and O–H groups in total. The molecule has 110 valence electrons. The molecule has 0 spiro atoms. The molecule has 1 heterocycles. The largest absolute Gasteiger partial charge is 0.477 e. The summed E-state index contributed by atoms with van der Waals surface area (Å²) in [6.07, 6.45) is 0. The number of rotatable bonds is 5. The van der Waals surface area contributed by atoms with Crippen molar-refractivity contribution >= 4 is 5.97 Å². The molecule has 0 bridgehead atoms. The Balaban J connectivity index is 1.86. The maximum Gasteiger partial charge on any atom is 0.354 e. The Hall–Kier alpha value is -3.08. The van der Waals surface area contributed by atoms with Crippen LogP contribution < -0.4 is 4.74 Å². The highest BCUT2D eigenvalue weighted by Crippen LogP contribution is 2.18. The number of carboxylic acids is 1. The van der Waals surface area contributed by atoms with Crippen molar-refractivity contribution in [3.05, 3.63) is 78.0 Å². The molecule has 1 aromatic heterocycles. The van der Waals surface area contributed by atoms with Crippen LogP contribution in [-0.4, -0.2) is 20.9 Å². The van der Waals surface area contributed by atoms with E-state index in [1.807, 2.05) is 48.5 Å². The zero-order valence-corrected chi connectivity index (χ0v) is 11.7. The van der Waals surface area contributed by atoms with Crippen LogP contribution in [0.15, 0.2) is 66.7 Å². The quantitative estimate of drug-likeness (QED) is 0.785. The number of hydrogen-bond acceptors (Lipinski definition) is 3. The zero-order chi connectivity index (χ0) is 15.4. The first-order valence-electron chi connectivity index (χ1n) is 6.79. The van der Waals surface area contributed by atoms with Gasteiger partial charge in [0.25, 0.3) is 0 Å². The van der Waals surface area contributed by atoms with Crippen LogP contribution in [-0.2, 0) is 6.61 Å². The molecule has 5 heteroatoms. The van der Waals surface area contributed by atoms with Crippen molar-refractivity contribution in [1.29, 1.82) is 0 Å². The fraction of sp³-hybridized carbons (Fsp3) is 0.0588. The molecule has 2 aromatic carbocycles. The molecule has 0 aliphatic rings. The van der Waals surface area contributed by atoms with E-state index in [1.54, 1.807) is 12.1 Å². The minimum atomic E-state index is -1.05. The molecule has 22 heavy (non-hydrogen) atoms. The van der Waals surface area contributed by atoms with Crippen LogP contribution in [0, 0.1) is 0 Å². The Bertz CT molecular complexity index is 767. The highest BCUT2D eigenvalue weighted by molar-refractivity contribution is 5.86. The fourth-order valence-electron chi connectivity index (χ4n) is 2.08. The molecule has 5 nitrogen and oxygen atoms in total. The normalized spacial score (nSPS) is 10.4. The van der Waals surface area contributed by atoms with Gasteiger partial charge in [-0.1, -0.05) is 48.5 Å². The van der Waals surface area contributed by atoms with Gasteiger partial charge >= 0.3 is 5.97 Å². The Kier molecular flexibility index (Phi) is 3.87. The van der Waals surface area contributed by atoms with Crippen molar-refractivity contribution in [1.82, 2.24) is 9.78 Å². The fourth-order valence-corrected chi connectivity index (χ4v) is 2.08. The Morgan fingerprint density at radius 1 is 1.05 bits per heavy atom. The predicted octanol–water partition coefficient (Wildman–Crippen LogP) is 3.15. The summed E-state index contributed by atoms with van der Waals surface area (Å²) in [6, 6.07) is 20.2. The van der Waals surface area contributed by atoms with E-state index < -0.39 is 5.97 Å². The number of carbonyl (C=O) groups is 1. The van der Waals surface area contributed by atoms with Crippen molar-refractivity contribution in [2.24, 2.45) is 0 Å². The van der Waals surface area contributed by atoms with E-state index in [4.69, 9.17) is 4.74 Å². The van der Waals surface area contributed by atoms with E-state index in [-0.39, 0.29) is 11.6 Å². The SMILES string of the molecule is O=C(O)c1cc(OCc2ccccc2)nn1-c1ccccc1. The standard InChI is InChI=1S/C17H14N2O3/c20-17(21)15-11-16(22-12-13-7-3-1-4-8-13)18-19(15)14-9-5-2-6-10-14/h1-11H,12H2,(H,20,21). The third-order valence-corrected chi connectivity index (χ3v) is 3.14. The van der Waals surface area contributed by atoms with Gasteiger partial charge in [-0.05, 0) is 17.7 Å². The van der Waals surface area contributed by atoms with Crippen LogP contribution in [0.1, 0.15) is 16.1 Å². The lowest BCUT2D eigenvalue weighted by molar-refractivity contribution is 0.0687. The summed E-state index contributed by atoms with van der Waals surface area (Å²) in [5.74, 6) is -0.768. The van der Waals surface area contributed by atoms with Crippen molar-refractivity contribution in [2.45, 2.75) is 6.61 Å². The van der Waals surface area contributed by atoms with Crippen molar-refractivity contribution < 1.29 is 14.6 Å². The average molecular weight is 294 g/mol. The van der Waals surface area contributed by atoms with Crippen LogP contribution >= 0.6 is 0 Å². The van der Waals surface area contributed by atoms with E-state index in [1.165, 1.54) is 10.7 Å². The topological polar surface area (TPSA) is 64.3 Å². The van der Waals surface area contributed by atoms with Gasteiger partial charge in [-0.15, -0.1) is 5.10 Å². The molecule has 0 saturated carbocycles. The van der Waals surface area contributed by atoms with Gasteiger partial charge in [0.2, 0.25) is 5.88 Å². The summed E-state index contributed by atoms with van der Waals surface area (Å²) in [7, 11) is 0. The molecule has 0 amide bonds. The lowest BCUT2D eigenvalue weighted by Crippen LogP contribution is -2.07. The van der Waals surface area contributed by atoms with Gasteiger partial charge in [0, 0.05) is 6.07 Å². The second kappa shape index (κ2) is 6.13. The summed E-state index contributed by atoms with van der Waals surface area (Å²) in [5, 5.41) is 13.5. The van der Waals surface area contributed by atoms with Crippen LogP contribution in [0.4, 0.5) is 0 Å². The second-order valence-corrected chi connectivity index (χ2v) is 4.69. The predicted molar refractivity (Wildman–Crippen MR) is 81.3 cm³/mol. The third kappa shape index (κ3) is 2.98. The van der Waals surface area contributed by atoms with E-state index in [9.17, 15) is 9.90 Å². The monoisotopic (exact) mass is 294 g/mol. The highest BCUT2D eigenvalue weighted by atomic mass is 16.5. The second-order valence-electron chi connectivity index (χ2n) is 4.69. The van der Waals surface area contributed by atoms with E-state index in [0.717, 1.165) is 5.56 Å². The van der Waals surface area contributed by atoms with E-state index in [0.29, 0.717) is 12.3 Å².